The number of rotatable bonds is 5. The lowest BCUT2D eigenvalue weighted by Gasteiger charge is -2.29. The Morgan fingerprint density at radius 1 is 1.03 bits per heavy atom. The van der Waals surface area contributed by atoms with Crippen molar-refractivity contribution in [3.63, 3.8) is 0 Å². The Morgan fingerprint density at radius 2 is 1.97 bits per heavy atom. The molecule has 0 bridgehead atoms. The minimum absolute atomic E-state index is 0.708. The fourth-order valence-corrected chi connectivity index (χ4v) is 3.70. The van der Waals surface area contributed by atoms with E-state index in [2.05, 4.69) is 62.7 Å². The van der Waals surface area contributed by atoms with Gasteiger partial charge in [0, 0.05) is 31.5 Å². The molecule has 0 radical (unpaired) electrons. The predicted molar refractivity (Wildman–Crippen MR) is 118 cm³/mol. The lowest BCUT2D eigenvalue weighted by molar-refractivity contribution is 0.122. The van der Waals surface area contributed by atoms with Crippen LogP contribution in [-0.2, 0) is 11.3 Å². The van der Waals surface area contributed by atoms with Gasteiger partial charge in [0.15, 0.2) is 0 Å². The number of morpholine rings is 1. The summed E-state index contributed by atoms with van der Waals surface area (Å²) in [6, 6.07) is 14.8. The Balaban J connectivity index is 1.29. The summed E-state index contributed by atoms with van der Waals surface area (Å²) in [7, 11) is 0. The van der Waals surface area contributed by atoms with E-state index < -0.39 is 0 Å². The number of hydrogen-bond donors (Lipinski definition) is 1. The average molecular weight is 385 g/mol. The highest BCUT2D eigenvalue weighted by molar-refractivity contribution is 6.12. The Hall–Kier alpha value is -3.25. The minimum Gasteiger partial charge on any atom is -0.378 e. The number of benzene rings is 2. The van der Waals surface area contributed by atoms with Crippen LogP contribution in [0.25, 0.3) is 16.6 Å². The third kappa shape index (κ3) is 3.98. The van der Waals surface area contributed by atoms with Crippen LogP contribution in [0.2, 0.25) is 0 Å². The third-order valence-corrected chi connectivity index (χ3v) is 5.28. The fraction of sp³-hybridized carbons (Fsp3) is 0.261. The van der Waals surface area contributed by atoms with Crippen LogP contribution in [0.15, 0.2) is 59.7 Å². The largest absolute Gasteiger partial charge is 0.378 e. The second-order valence-corrected chi connectivity index (χ2v) is 7.24. The summed E-state index contributed by atoms with van der Waals surface area (Å²) in [5.74, 6) is 0.781. The van der Waals surface area contributed by atoms with Crippen molar-refractivity contribution >= 4 is 34.3 Å². The molecule has 0 unspecified atom stereocenters. The van der Waals surface area contributed by atoms with E-state index in [4.69, 9.17) is 9.72 Å². The van der Waals surface area contributed by atoms with Gasteiger partial charge in [0.1, 0.15) is 5.82 Å². The van der Waals surface area contributed by atoms with Gasteiger partial charge in [-0.3, -0.25) is 9.98 Å². The van der Waals surface area contributed by atoms with Crippen LogP contribution >= 0.6 is 0 Å². The predicted octanol–water partition coefficient (Wildman–Crippen LogP) is 3.55. The van der Waals surface area contributed by atoms with Gasteiger partial charge in [0.25, 0.3) is 0 Å². The van der Waals surface area contributed by atoms with Gasteiger partial charge in [-0.25, -0.2) is 4.98 Å². The highest BCUT2D eigenvalue weighted by Gasteiger charge is 2.11. The minimum atomic E-state index is 0.708. The number of aliphatic imine (C=N–C) groups is 1. The van der Waals surface area contributed by atoms with Crippen molar-refractivity contribution in [3.05, 3.63) is 65.9 Å². The van der Waals surface area contributed by atoms with E-state index in [9.17, 15) is 0 Å². The number of nitrogens with one attached hydrogen (secondary N) is 1. The van der Waals surface area contributed by atoms with Gasteiger partial charge in [-0.05, 0) is 41.0 Å². The zero-order valence-electron chi connectivity index (χ0n) is 16.2. The molecule has 2 aliphatic heterocycles. The number of anilines is 2. The first kappa shape index (κ1) is 17.8. The van der Waals surface area contributed by atoms with Crippen LogP contribution in [0.3, 0.4) is 0 Å². The SMILES string of the molecule is C1=NCC=C1c1ccc2nc(NCc3cccc(N4CCOCC4)c3)cnc2c1. The fourth-order valence-electron chi connectivity index (χ4n) is 3.70. The number of nitrogens with zero attached hydrogens (tertiary/aromatic N) is 4. The number of ether oxygens (including phenoxy) is 1. The second-order valence-electron chi connectivity index (χ2n) is 7.24. The van der Waals surface area contributed by atoms with E-state index in [1.807, 2.05) is 12.3 Å². The number of fused-ring (bicyclic) bond motifs is 1. The molecule has 3 heterocycles. The van der Waals surface area contributed by atoms with Crippen LogP contribution in [0, 0.1) is 0 Å². The molecule has 6 heteroatoms. The highest BCUT2D eigenvalue weighted by atomic mass is 16.5. The Morgan fingerprint density at radius 3 is 2.83 bits per heavy atom. The van der Waals surface area contributed by atoms with Gasteiger partial charge in [-0.1, -0.05) is 24.3 Å². The van der Waals surface area contributed by atoms with Gasteiger partial charge in [-0.2, -0.15) is 0 Å². The van der Waals surface area contributed by atoms with E-state index in [0.29, 0.717) is 6.54 Å². The molecule has 6 nitrogen and oxygen atoms in total. The summed E-state index contributed by atoms with van der Waals surface area (Å²) in [6.07, 6.45) is 5.83. The molecule has 2 aliphatic rings. The maximum absolute atomic E-state index is 5.45. The first-order valence-corrected chi connectivity index (χ1v) is 9.98. The smallest absolute Gasteiger partial charge is 0.145 e. The molecule has 2 aromatic carbocycles. The van der Waals surface area contributed by atoms with E-state index in [1.165, 1.54) is 11.3 Å². The number of aromatic nitrogens is 2. The summed E-state index contributed by atoms with van der Waals surface area (Å²) in [6.45, 7) is 4.94. The molecule has 3 aromatic rings. The monoisotopic (exact) mass is 385 g/mol. The van der Waals surface area contributed by atoms with Crippen molar-refractivity contribution in [2.45, 2.75) is 6.54 Å². The maximum atomic E-state index is 5.45. The molecular weight excluding hydrogens is 362 g/mol. The molecule has 146 valence electrons. The van der Waals surface area contributed by atoms with E-state index in [-0.39, 0.29) is 0 Å². The van der Waals surface area contributed by atoms with Crippen molar-refractivity contribution in [1.29, 1.82) is 0 Å². The molecule has 5 rings (SSSR count). The van der Waals surface area contributed by atoms with Crippen LogP contribution in [0.1, 0.15) is 11.1 Å². The zero-order valence-corrected chi connectivity index (χ0v) is 16.2. The molecule has 0 aliphatic carbocycles. The molecule has 0 atom stereocenters. The third-order valence-electron chi connectivity index (χ3n) is 5.28. The van der Waals surface area contributed by atoms with Crippen molar-refractivity contribution in [2.75, 3.05) is 43.1 Å². The van der Waals surface area contributed by atoms with E-state index in [1.54, 1.807) is 6.20 Å². The van der Waals surface area contributed by atoms with Crippen molar-refractivity contribution in [1.82, 2.24) is 9.97 Å². The van der Waals surface area contributed by atoms with Crippen LogP contribution in [0.4, 0.5) is 11.5 Å². The Kier molecular flexibility index (Phi) is 4.92. The lowest BCUT2D eigenvalue weighted by atomic mass is 10.1. The van der Waals surface area contributed by atoms with Gasteiger partial charge in [0.05, 0.1) is 37.0 Å². The molecule has 1 aromatic heterocycles. The van der Waals surface area contributed by atoms with Gasteiger partial charge >= 0.3 is 0 Å². The quantitative estimate of drug-likeness (QED) is 0.728. The summed E-state index contributed by atoms with van der Waals surface area (Å²) < 4.78 is 5.45. The van der Waals surface area contributed by atoms with Gasteiger partial charge in [0.2, 0.25) is 0 Å². The molecule has 29 heavy (non-hydrogen) atoms. The normalized spacial score (nSPS) is 16.3. The molecule has 0 amide bonds. The molecule has 1 N–H and O–H groups in total. The molecular formula is C23H23N5O. The van der Waals surface area contributed by atoms with E-state index in [0.717, 1.165) is 60.8 Å². The second kappa shape index (κ2) is 8.01. The van der Waals surface area contributed by atoms with Crippen LogP contribution < -0.4 is 10.2 Å². The van der Waals surface area contributed by atoms with Gasteiger partial charge < -0.3 is 15.0 Å². The van der Waals surface area contributed by atoms with Crippen LogP contribution in [-0.4, -0.2) is 49.0 Å². The Bertz CT molecular complexity index is 1090. The first-order chi connectivity index (χ1) is 14.3. The summed E-state index contributed by atoms with van der Waals surface area (Å²) in [5, 5.41) is 3.40. The molecule has 1 saturated heterocycles. The van der Waals surface area contributed by atoms with Crippen molar-refractivity contribution in [2.24, 2.45) is 4.99 Å². The van der Waals surface area contributed by atoms with Crippen molar-refractivity contribution in [3.8, 4) is 0 Å². The molecule has 1 fully saturated rings. The Labute approximate surface area is 170 Å². The van der Waals surface area contributed by atoms with E-state index >= 15 is 0 Å². The number of allylic oxidation sites excluding steroid dienone is 1. The average Bonchev–Trinajstić information content (AvgIpc) is 3.33. The topological polar surface area (TPSA) is 62.6 Å². The summed E-state index contributed by atoms with van der Waals surface area (Å²) in [5.41, 5.74) is 6.53. The lowest BCUT2D eigenvalue weighted by Crippen LogP contribution is -2.36. The molecule has 0 spiro atoms. The maximum Gasteiger partial charge on any atom is 0.145 e. The van der Waals surface area contributed by atoms with Gasteiger partial charge in [-0.15, -0.1) is 0 Å². The zero-order chi connectivity index (χ0) is 19.5. The summed E-state index contributed by atoms with van der Waals surface area (Å²) >= 11 is 0. The number of hydrogen-bond acceptors (Lipinski definition) is 6. The summed E-state index contributed by atoms with van der Waals surface area (Å²) in [4.78, 5) is 15.9. The highest BCUT2D eigenvalue weighted by Crippen LogP contribution is 2.22. The van der Waals surface area contributed by atoms with Crippen molar-refractivity contribution < 1.29 is 4.74 Å². The molecule has 0 saturated carbocycles. The van der Waals surface area contributed by atoms with Crippen LogP contribution in [0.5, 0.6) is 0 Å². The standard InChI is InChI=1S/C23H23N5O/c1-2-17(12-20(3-1)28-8-10-29-11-9-28)14-26-23-16-25-22-13-18(4-5-21(22)27-23)19-6-7-24-15-19/h1-6,12-13,15-16H,7-11,14H2,(H,26,27). The first-order valence-electron chi connectivity index (χ1n) is 9.98.